The summed E-state index contributed by atoms with van der Waals surface area (Å²) in [5, 5.41) is 5.76. The van der Waals surface area contributed by atoms with E-state index < -0.39 is 6.04 Å². The van der Waals surface area contributed by atoms with Crippen LogP contribution in [-0.4, -0.2) is 40.8 Å². The van der Waals surface area contributed by atoms with Gasteiger partial charge in [-0.3, -0.25) is 9.59 Å². The molecular weight excluding hydrogens is 324 g/mol. The summed E-state index contributed by atoms with van der Waals surface area (Å²) in [6, 6.07) is 9.34. The van der Waals surface area contributed by atoms with Gasteiger partial charge < -0.3 is 15.5 Å². The van der Waals surface area contributed by atoms with E-state index >= 15 is 0 Å². The van der Waals surface area contributed by atoms with Crippen molar-refractivity contribution in [2.24, 2.45) is 0 Å². The first-order valence-electron chi connectivity index (χ1n) is 7.85. The van der Waals surface area contributed by atoms with E-state index in [9.17, 15) is 9.59 Å². The molecule has 7 heteroatoms. The first-order valence-corrected chi connectivity index (χ1v) is 8.73. The third-order valence-electron chi connectivity index (χ3n) is 3.97. The first-order chi connectivity index (χ1) is 11.6. The summed E-state index contributed by atoms with van der Waals surface area (Å²) in [4.78, 5) is 31.6. The largest absolute Gasteiger partial charge is 0.342 e. The maximum Gasteiger partial charge on any atom is 0.247 e. The molecule has 2 N–H and O–H groups in total. The highest BCUT2D eigenvalue weighted by Gasteiger charge is 2.29. The summed E-state index contributed by atoms with van der Waals surface area (Å²) in [5.41, 5.74) is 3.79. The van der Waals surface area contributed by atoms with E-state index in [0.717, 1.165) is 16.1 Å². The fraction of sp³-hybridized carbons (Fsp3) is 0.353. The van der Waals surface area contributed by atoms with Crippen LogP contribution in [0.5, 0.6) is 0 Å². The second kappa shape index (κ2) is 7.55. The van der Waals surface area contributed by atoms with Crippen molar-refractivity contribution in [1.82, 2.24) is 20.5 Å². The average molecular weight is 344 g/mol. The minimum Gasteiger partial charge on any atom is -0.342 e. The SMILES string of the molecule is Cc1ncsc1CN(Cc1ccccc1)C(=O)C1CNCC(=O)N1. The molecule has 2 amide bonds. The van der Waals surface area contributed by atoms with Crippen LogP contribution < -0.4 is 10.6 Å². The third kappa shape index (κ3) is 3.98. The van der Waals surface area contributed by atoms with Crippen molar-refractivity contribution >= 4 is 23.2 Å². The lowest BCUT2D eigenvalue weighted by Crippen LogP contribution is -2.58. The number of nitrogens with zero attached hydrogens (tertiary/aromatic N) is 2. The Bertz CT molecular complexity index is 716. The van der Waals surface area contributed by atoms with Crippen LogP contribution in [0.15, 0.2) is 35.8 Å². The maximum atomic E-state index is 12.9. The van der Waals surface area contributed by atoms with Crippen molar-refractivity contribution in [3.63, 3.8) is 0 Å². The van der Waals surface area contributed by atoms with Gasteiger partial charge in [-0.1, -0.05) is 30.3 Å². The molecule has 0 bridgehead atoms. The molecule has 0 aliphatic carbocycles. The molecule has 1 aliphatic rings. The Balaban J connectivity index is 1.79. The molecular formula is C17H20N4O2S. The number of hydrogen-bond acceptors (Lipinski definition) is 5. The Labute approximate surface area is 144 Å². The van der Waals surface area contributed by atoms with Gasteiger partial charge in [-0.2, -0.15) is 0 Å². The predicted molar refractivity (Wildman–Crippen MR) is 92.3 cm³/mol. The number of aromatic nitrogens is 1. The third-order valence-corrected chi connectivity index (χ3v) is 4.89. The molecule has 1 aromatic carbocycles. The Hall–Kier alpha value is -2.25. The van der Waals surface area contributed by atoms with Gasteiger partial charge in [-0.05, 0) is 12.5 Å². The highest BCUT2D eigenvalue weighted by atomic mass is 32.1. The second-order valence-electron chi connectivity index (χ2n) is 5.79. The number of piperazine rings is 1. The molecule has 6 nitrogen and oxygen atoms in total. The smallest absolute Gasteiger partial charge is 0.247 e. The Morgan fingerprint density at radius 1 is 1.33 bits per heavy atom. The van der Waals surface area contributed by atoms with E-state index in [4.69, 9.17) is 0 Å². The molecule has 0 saturated carbocycles. The van der Waals surface area contributed by atoms with Gasteiger partial charge >= 0.3 is 0 Å². The molecule has 1 atom stereocenters. The van der Waals surface area contributed by atoms with E-state index in [2.05, 4.69) is 15.6 Å². The number of hydrogen-bond donors (Lipinski definition) is 2. The molecule has 3 rings (SSSR count). The van der Waals surface area contributed by atoms with Gasteiger partial charge in [0.25, 0.3) is 0 Å². The summed E-state index contributed by atoms with van der Waals surface area (Å²) in [7, 11) is 0. The van der Waals surface area contributed by atoms with E-state index in [-0.39, 0.29) is 18.4 Å². The number of amides is 2. The van der Waals surface area contributed by atoms with Crippen LogP contribution in [0.2, 0.25) is 0 Å². The Kier molecular flexibility index (Phi) is 5.22. The van der Waals surface area contributed by atoms with Crippen LogP contribution in [0.25, 0.3) is 0 Å². The molecule has 0 spiro atoms. The van der Waals surface area contributed by atoms with Crippen molar-refractivity contribution in [3.05, 3.63) is 52.0 Å². The van der Waals surface area contributed by atoms with Crippen molar-refractivity contribution < 1.29 is 9.59 Å². The summed E-state index contributed by atoms with van der Waals surface area (Å²) in [5.74, 6) is -0.222. The fourth-order valence-corrected chi connectivity index (χ4v) is 3.45. The van der Waals surface area contributed by atoms with Gasteiger partial charge in [0, 0.05) is 18.0 Å². The number of carbonyl (C=O) groups excluding carboxylic acids is 2. The van der Waals surface area contributed by atoms with E-state index in [1.54, 1.807) is 21.7 Å². The van der Waals surface area contributed by atoms with Gasteiger partial charge in [0.15, 0.2) is 0 Å². The number of nitrogens with one attached hydrogen (secondary N) is 2. The number of carbonyl (C=O) groups is 2. The van der Waals surface area contributed by atoms with Crippen molar-refractivity contribution in [2.75, 3.05) is 13.1 Å². The van der Waals surface area contributed by atoms with E-state index in [0.29, 0.717) is 19.6 Å². The zero-order valence-corrected chi connectivity index (χ0v) is 14.3. The number of thiazole rings is 1. The van der Waals surface area contributed by atoms with Crippen molar-refractivity contribution in [2.45, 2.75) is 26.1 Å². The monoisotopic (exact) mass is 344 g/mol. The van der Waals surface area contributed by atoms with Crippen LogP contribution >= 0.6 is 11.3 Å². The van der Waals surface area contributed by atoms with Crippen molar-refractivity contribution in [3.8, 4) is 0 Å². The average Bonchev–Trinajstić information content (AvgIpc) is 2.99. The number of benzene rings is 1. The first kappa shape index (κ1) is 16.6. The van der Waals surface area contributed by atoms with Gasteiger partial charge in [0.05, 0.1) is 24.3 Å². The van der Waals surface area contributed by atoms with Gasteiger partial charge in [0.1, 0.15) is 6.04 Å². The molecule has 1 unspecified atom stereocenters. The van der Waals surface area contributed by atoms with Crippen LogP contribution in [-0.2, 0) is 22.7 Å². The quantitative estimate of drug-likeness (QED) is 0.851. The molecule has 2 heterocycles. The summed E-state index contributed by atoms with van der Waals surface area (Å²) in [6.07, 6.45) is 0. The topological polar surface area (TPSA) is 74.3 Å². The lowest BCUT2D eigenvalue weighted by Gasteiger charge is -2.30. The van der Waals surface area contributed by atoms with Crippen molar-refractivity contribution in [1.29, 1.82) is 0 Å². The normalized spacial score (nSPS) is 17.4. The molecule has 126 valence electrons. The fourth-order valence-electron chi connectivity index (χ4n) is 2.66. The maximum absolute atomic E-state index is 12.9. The van der Waals surface area contributed by atoms with E-state index in [1.807, 2.05) is 37.3 Å². The van der Waals surface area contributed by atoms with Crippen LogP contribution in [0, 0.1) is 6.92 Å². The van der Waals surface area contributed by atoms with Gasteiger partial charge in [-0.25, -0.2) is 4.98 Å². The molecule has 1 aromatic heterocycles. The molecule has 0 radical (unpaired) electrons. The second-order valence-corrected chi connectivity index (χ2v) is 6.73. The number of rotatable bonds is 5. The molecule has 1 aliphatic heterocycles. The highest BCUT2D eigenvalue weighted by Crippen LogP contribution is 2.18. The minimum atomic E-state index is -0.525. The molecule has 1 fully saturated rings. The molecule has 2 aromatic rings. The van der Waals surface area contributed by atoms with E-state index in [1.165, 1.54) is 0 Å². The zero-order chi connectivity index (χ0) is 16.9. The van der Waals surface area contributed by atoms with Crippen LogP contribution in [0.3, 0.4) is 0 Å². The minimum absolute atomic E-state index is 0.0767. The highest BCUT2D eigenvalue weighted by molar-refractivity contribution is 7.09. The Morgan fingerprint density at radius 2 is 2.12 bits per heavy atom. The number of aryl methyl sites for hydroxylation is 1. The van der Waals surface area contributed by atoms with Crippen LogP contribution in [0.1, 0.15) is 16.1 Å². The van der Waals surface area contributed by atoms with Gasteiger partial charge in [0.2, 0.25) is 11.8 Å². The predicted octanol–water partition coefficient (Wildman–Crippen LogP) is 1.07. The zero-order valence-electron chi connectivity index (χ0n) is 13.5. The molecule has 24 heavy (non-hydrogen) atoms. The Morgan fingerprint density at radius 3 is 2.79 bits per heavy atom. The van der Waals surface area contributed by atoms with Gasteiger partial charge in [-0.15, -0.1) is 11.3 Å². The van der Waals surface area contributed by atoms with Crippen LogP contribution in [0.4, 0.5) is 0 Å². The summed E-state index contributed by atoms with van der Waals surface area (Å²) < 4.78 is 0. The summed E-state index contributed by atoms with van der Waals surface area (Å²) in [6.45, 7) is 3.66. The summed E-state index contributed by atoms with van der Waals surface area (Å²) >= 11 is 1.55. The standard InChI is InChI=1S/C17H20N4O2S/c1-12-15(24-11-19-12)10-21(9-13-5-3-2-4-6-13)17(23)14-7-18-8-16(22)20-14/h2-6,11,14,18H,7-10H2,1H3,(H,20,22). The lowest BCUT2D eigenvalue weighted by atomic mass is 10.1. The molecule has 1 saturated heterocycles. The lowest BCUT2D eigenvalue weighted by molar-refractivity contribution is -0.138.